The minimum atomic E-state index is -0.929. The minimum absolute atomic E-state index is 0.0948. The Kier molecular flexibility index (Phi) is 6.56. The monoisotopic (exact) mass is 268 g/mol. The van der Waals surface area contributed by atoms with E-state index >= 15 is 0 Å². The quantitative estimate of drug-likeness (QED) is 0.682. The molecule has 2 N–H and O–H groups in total. The molecule has 1 fully saturated rings. The number of nitrogens with zero attached hydrogens (tertiary/aromatic N) is 1. The van der Waals surface area contributed by atoms with Gasteiger partial charge in [-0.25, -0.2) is 0 Å². The molecule has 0 spiro atoms. The second kappa shape index (κ2) is 7.94. The molecule has 0 radical (unpaired) electrons. The second-order valence-corrected chi connectivity index (χ2v) is 5.38. The highest BCUT2D eigenvalue weighted by Crippen LogP contribution is 2.23. The van der Waals surface area contributed by atoms with Crippen LogP contribution in [-0.2, 0) is 9.59 Å². The van der Waals surface area contributed by atoms with Crippen molar-refractivity contribution in [3.63, 3.8) is 0 Å². The van der Waals surface area contributed by atoms with Gasteiger partial charge in [-0.05, 0) is 31.6 Å². The molecule has 5 heteroatoms. The van der Waals surface area contributed by atoms with Crippen molar-refractivity contribution in [1.82, 2.24) is 10.2 Å². The molecule has 0 atom stereocenters. The Morgan fingerprint density at radius 1 is 1.32 bits per heavy atom. The Bertz CT molecular complexity index is 323. The number of carboxylic acid groups (broad SMARTS) is 1. The maximum Gasteiger partial charge on any atom is 0.317 e. The number of carboxylic acids is 1. The Morgan fingerprint density at radius 3 is 2.47 bits per heavy atom. The summed E-state index contributed by atoms with van der Waals surface area (Å²) >= 11 is 0. The van der Waals surface area contributed by atoms with Gasteiger partial charge in [-0.15, -0.1) is 6.58 Å². The number of aliphatic carboxylic acids is 1. The average Bonchev–Trinajstić information content (AvgIpc) is 2.31. The van der Waals surface area contributed by atoms with E-state index in [9.17, 15) is 9.59 Å². The third-order valence-corrected chi connectivity index (χ3v) is 3.49. The molecular weight excluding hydrogens is 244 g/mol. The summed E-state index contributed by atoms with van der Waals surface area (Å²) in [6, 6.07) is 0.249. The van der Waals surface area contributed by atoms with Crippen LogP contribution in [0, 0.1) is 5.92 Å². The van der Waals surface area contributed by atoms with E-state index in [4.69, 9.17) is 5.11 Å². The van der Waals surface area contributed by atoms with Crippen LogP contribution in [0.15, 0.2) is 12.7 Å². The van der Waals surface area contributed by atoms with Crippen molar-refractivity contribution in [3.8, 4) is 0 Å². The highest BCUT2D eigenvalue weighted by atomic mass is 16.4. The molecule has 1 rings (SSSR count). The Balaban J connectivity index is 2.35. The van der Waals surface area contributed by atoms with Crippen LogP contribution < -0.4 is 5.32 Å². The zero-order chi connectivity index (χ0) is 14.3. The van der Waals surface area contributed by atoms with E-state index in [1.807, 2.05) is 0 Å². The van der Waals surface area contributed by atoms with Crippen molar-refractivity contribution in [2.75, 3.05) is 19.6 Å². The standard InChI is InChI=1S/C14H24N2O3/c1-3-8-16(10-14(18)19)9-13(17)15-12-6-4-11(2)5-7-12/h3,11-12H,1,4-10H2,2H3,(H,15,17)(H,18,19). The van der Waals surface area contributed by atoms with Crippen LogP contribution in [0.4, 0.5) is 0 Å². The summed E-state index contributed by atoms with van der Waals surface area (Å²) in [5.41, 5.74) is 0. The predicted molar refractivity (Wildman–Crippen MR) is 73.8 cm³/mol. The summed E-state index contributed by atoms with van der Waals surface area (Å²) in [6.45, 7) is 6.19. The van der Waals surface area contributed by atoms with E-state index in [1.165, 1.54) is 0 Å². The maximum absolute atomic E-state index is 11.9. The van der Waals surface area contributed by atoms with Crippen molar-refractivity contribution in [2.24, 2.45) is 5.92 Å². The van der Waals surface area contributed by atoms with Gasteiger partial charge in [0.2, 0.25) is 5.91 Å². The van der Waals surface area contributed by atoms with Crippen molar-refractivity contribution < 1.29 is 14.7 Å². The molecule has 1 aliphatic carbocycles. The van der Waals surface area contributed by atoms with Gasteiger partial charge in [0.15, 0.2) is 0 Å². The van der Waals surface area contributed by atoms with Crippen LogP contribution in [0.3, 0.4) is 0 Å². The summed E-state index contributed by atoms with van der Waals surface area (Å²) in [5.74, 6) is -0.277. The van der Waals surface area contributed by atoms with Crippen LogP contribution in [0.2, 0.25) is 0 Å². The fourth-order valence-corrected chi connectivity index (χ4v) is 2.44. The molecule has 1 amide bonds. The summed E-state index contributed by atoms with van der Waals surface area (Å²) < 4.78 is 0. The van der Waals surface area contributed by atoms with Crippen LogP contribution in [0.1, 0.15) is 32.6 Å². The van der Waals surface area contributed by atoms with Gasteiger partial charge in [-0.3, -0.25) is 14.5 Å². The van der Waals surface area contributed by atoms with Gasteiger partial charge in [0.25, 0.3) is 0 Å². The van der Waals surface area contributed by atoms with Gasteiger partial charge in [-0.1, -0.05) is 13.0 Å². The van der Waals surface area contributed by atoms with Crippen LogP contribution >= 0.6 is 0 Å². The van der Waals surface area contributed by atoms with Gasteiger partial charge in [0.05, 0.1) is 13.1 Å². The molecule has 1 aliphatic rings. The Hall–Kier alpha value is -1.36. The molecular formula is C14H24N2O3. The lowest BCUT2D eigenvalue weighted by molar-refractivity contribution is -0.138. The van der Waals surface area contributed by atoms with Gasteiger partial charge >= 0.3 is 5.97 Å². The van der Waals surface area contributed by atoms with Gasteiger partial charge in [0, 0.05) is 12.6 Å². The van der Waals surface area contributed by atoms with Crippen molar-refractivity contribution in [3.05, 3.63) is 12.7 Å². The van der Waals surface area contributed by atoms with Gasteiger partial charge in [-0.2, -0.15) is 0 Å². The van der Waals surface area contributed by atoms with E-state index in [2.05, 4.69) is 18.8 Å². The summed E-state index contributed by atoms with van der Waals surface area (Å²) in [6.07, 6.45) is 5.95. The first-order chi connectivity index (χ1) is 9.01. The molecule has 0 unspecified atom stereocenters. The molecule has 0 aromatic carbocycles. The van der Waals surface area contributed by atoms with Crippen molar-refractivity contribution in [2.45, 2.75) is 38.6 Å². The summed E-state index contributed by atoms with van der Waals surface area (Å²) in [5, 5.41) is 11.8. The smallest absolute Gasteiger partial charge is 0.317 e. The Labute approximate surface area is 114 Å². The zero-order valence-corrected chi connectivity index (χ0v) is 11.6. The normalized spacial score (nSPS) is 23.1. The highest BCUT2D eigenvalue weighted by molar-refractivity contribution is 5.79. The highest BCUT2D eigenvalue weighted by Gasteiger charge is 2.21. The average molecular weight is 268 g/mol. The fraction of sp³-hybridized carbons (Fsp3) is 0.714. The summed E-state index contributed by atoms with van der Waals surface area (Å²) in [4.78, 5) is 24.1. The number of carbonyl (C=O) groups is 2. The molecule has 1 saturated carbocycles. The molecule has 5 nitrogen and oxygen atoms in total. The second-order valence-electron chi connectivity index (χ2n) is 5.38. The Morgan fingerprint density at radius 2 is 1.95 bits per heavy atom. The molecule has 0 aliphatic heterocycles. The van der Waals surface area contributed by atoms with E-state index in [0.29, 0.717) is 6.54 Å². The molecule has 0 aromatic heterocycles. The molecule has 0 heterocycles. The van der Waals surface area contributed by atoms with E-state index in [0.717, 1.165) is 31.6 Å². The number of carbonyl (C=O) groups excluding carboxylic acids is 1. The van der Waals surface area contributed by atoms with E-state index < -0.39 is 5.97 Å². The molecule has 0 saturated heterocycles. The first-order valence-corrected chi connectivity index (χ1v) is 6.85. The minimum Gasteiger partial charge on any atom is -0.480 e. The maximum atomic E-state index is 11.9. The molecule has 0 aromatic rings. The molecule has 0 bridgehead atoms. The first-order valence-electron chi connectivity index (χ1n) is 6.85. The fourth-order valence-electron chi connectivity index (χ4n) is 2.44. The lowest BCUT2D eigenvalue weighted by Gasteiger charge is -2.28. The zero-order valence-electron chi connectivity index (χ0n) is 11.6. The third-order valence-electron chi connectivity index (χ3n) is 3.49. The van der Waals surface area contributed by atoms with E-state index in [1.54, 1.807) is 11.0 Å². The SMILES string of the molecule is C=CCN(CC(=O)O)CC(=O)NC1CCC(C)CC1. The third kappa shape index (κ3) is 6.38. The van der Waals surface area contributed by atoms with Crippen LogP contribution in [0.25, 0.3) is 0 Å². The van der Waals surface area contributed by atoms with E-state index in [-0.39, 0.29) is 25.0 Å². The number of amides is 1. The van der Waals surface area contributed by atoms with Crippen LogP contribution in [-0.4, -0.2) is 47.6 Å². The predicted octanol–water partition coefficient (Wildman–Crippen LogP) is 1.25. The lowest BCUT2D eigenvalue weighted by atomic mass is 9.87. The largest absolute Gasteiger partial charge is 0.480 e. The van der Waals surface area contributed by atoms with Gasteiger partial charge < -0.3 is 10.4 Å². The molecule has 108 valence electrons. The number of nitrogens with one attached hydrogen (secondary N) is 1. The number of hydrogen-bond acceptors (Lipinski definition) is 3. The number of rotatable bonds is 7. The van der Waals surface area contributed by atoms with Crippen LogP contribution in [0.5, 0.6) is 0 Å². The van der Waals surface area contributed by atoms with Gasteiger partial charge in [0.1, 0.15) is 0 Å². The van der Waals surface area contributed by atoms with Crippen molar-refractivity contribution >= 4 is 11.9 Å². The summed E-state index contributed by atoms with van der Waals surface area (Å²) in [7, 11) is 0. The first kappa shape index (κ1) is 15.7. The lowest BCUT2D eigenvalue weighted by Crippen LogP contribution is -2.44. The topological polar surface area (TPSA) is 69.6 Å². The molecule has 19 heavy (non-hydrogen) atoms. The van der Waals surface area contributed by atoms with Crippen molar-refractivity contribution in [1.29, 1.82) is 0 Å². The number of hydrogen-bond donors (Lipinski definition) is 2.